The Morgan fingerprint density at radius 3 is 2.58 bits per heavy atom. The average molecular weight is 464 g/mol. The Labute approximate surface area is 189 Å². The number of anilines is 2. The molecule has 0 aliphatic heterocycles. The first-order chi connectivity index (χ1) is 15.7. The number of phenolic OH excluding ortho intramolecular Hbond substituents is 1. The fourth-order valence-electron chi connectivity index (χ4n) is 3.01. The lowest BCUT2D eigenvalue weighted by molar-refractivity contribution is -0.121. The molecule has 0 aliphatic carbocycles. The zero-order valence-electron chi connectivity index (χ0n) is 18.8. The molecular formula is C21H28N4O8. The first kappa shape index (κ1) is 25.5. The third kappa shape index (κ3) is 6.13. The van der Waals surface area contributed by atoms with Crippen molar-refractivity contribution in [3.05, 3.63) is 44.6 Å². The van der Waals surface area contributed by atoms with E-state index in [2.05, 4.69) is 4.98 Å². The number of phenols is 1. The van der Waals surface area contributed by atoms with Gasteiger partial charge in [0.2, 0.25) is 0 Å². The van der Waals surface area contributed by atoms with Crippen LogP contribution in [0.3, 0.4) is 0 Å². The smallest absolute Gasteiger partial charge is 0.342 e. The SMILES string of the molecule is CCCCn1c(N)c(N(CCOC)C(=O)COC(=O)c2ccc(OC)cc2O)c(=O)[nH]c1=O. The largest absolute Gasteiger partial charge is 0.507 e. The van der Waals surface area contributed by atoms with Crippen LogP contribution in [-0.4, -0.2) is 60.5 Å². The Morgan fingerprint density at radius 2 is 1.97 bits per heavy atom. The van der Waals surface area contributed by atoms with Crippen LogP contribution in [-0.2, 0) is 20.8 Å². The maximum atomic E-state index is 12.9. The maximum absolute atomic E-state index is 12.9. The van der Waals surface area contributed by atoms with Crippen molar-refractivity contribution < 1.29 is 28.9 Å². The van der Waals surface area contributed by atoms with Gasteiger partial charge in [0.15, 0.2) is 12.3 Å². The second kappa shape index (κ2) is 11.7. The van der Waals surface area contributed by atoms with E-state index >= 15 is 0 Å². The molecule has 0 spiro atoms. The number of nitrogens with two attached hydrogens (primary N) is 1. The van der Waals surface area contributed by atoms with Crippen LogP contribution in [0.5, 0.6) is 11.5 Å². The fraction of sp³-hybridized carbons (Fsp3) is 0.429. The zero-order valence-corrected chi connectivity index (χ0v) is 18.8. The van der Waals surface area contributed by atoms with Crippen molar-refractivity contribution in [1.82, 2.24) is 9.55 Å². The first-order valence-electron chi connectivity index (χ1n) is 10.2. The summed E-state index contributed by atoms with van der Waals surface area (Å²) in [5, 5.41) is 9.97. The number of H-pyrrole nitrogens is 1. The number of aromatic hydroxyl groups is 1. The summed E-state index contributed by atoms with van der Waals surface area (Å²) in [4.78, 5) is 53.1. The van der Waals surface area contributed by atoms with Crippen molar-refractivity contribution in [2.24, 2.45) is 0 Å². The lowest BCUT2D eigenvalue weighted by Crippen LogP contribution is -2.44. The van der Waals surface area contributed by atoms with Crippen LogP contribution >= 0.6 is 0 Å². The number of methoxy groups -OCH3 is 2. The topological polar surface area (TPSA) is 166 Å². The number of hydrogen-bond acceptors (Lipinski definition) is 9. The highest BCUT2D eigenvalue weighted by Crippen LogP contribution is 2.24. The van der Waals surface area contributed by atoms with E-state index in [0.29, 0.717) is 12.2 Å². The number of esters is 1. The third-order valence-electron chi connectivity index (χ3n) is 4.79. The number of aromatic nitrogens is 2. The van der Waals surface area contributed by atoms with Gasteiger partial charge in [-0.1, -0.05) is 13.3 Å². The molecular weight excluding hydrogens is 436 g/mol. The van der Waals surface area contributed by atoms with Crippen LogP contribution in [0.15, 0.2) is 27.8 Å². The van der Waals surface area contributed by atoms with E-state index in [1.165, 1.54) is 37.0 Å². The molecule has 1 heterocycles. The molecule has 2 rings (SSSR count). The van der Waals surface area contributed by atoms with Gasteiger partial charge in [0.1, 0.15) is 22.9 Å². The second-order valence-corrected chi connectivity index (χ2v) is 7.00. The molecule has 1 aromatic carbocycles. The summed E-state index contributed by atoms with van der Waals surface area (Å²) < 4.78 is 16.2. The number of benzene rings is 1. The predicted octanol–water partition coefficient (Wildman–Crippen LogP) is 0.470. The van der Waals surface area contributed by atoms with Crippen LogP contribution in [0.1, 0.15) is 30.1 Å². The van der Waals surface area contributed by atoms with Crippen LogP contribution < -0.4 is 26.6 Å². The van der Waals surface area contributed by atoms with E-state index in [0.717, 1.165) is 11.3 Å². The van der Waals surface area contributed by atoms with E-state index in [1.54, 1.807) is 0 Å². The molecule has 33 heavy (non-hydrogen) atoms. The highest BCUT2D eigenvalue weighted by molar-refractivity contribution is 5.99. The van der Waals surface area contributed by atoms with Gasteiger partial charge in [-0.2, -0.15) is 0 Å². The van der Waals surface area contributed by atoms with Crippen molar-refractivity contribution in [1.29, 1.82) is 0 Å². The molecule has 0 radical (unpaired) electrons. The lowest BCUT2D eigenvalue weighted by atomic mass is 10.2. The first-order valence-corrected chi connectivity index (χ1v) is 10.2. The number of nitrogen functional groups attached to an aromatic ring is 1. The molecule has 12 nitrogen and oxygen atoms in total. The number of nitrogens with one attached hydrogen (secondary N) is 1. The lowest BCUT2D eigenvalue weighted by Gasteiger charge is -2.24. The van der Waals surface area contributed by atoms with Crippen LogP contribution in [0.4, 0.5) is 11.5 Å². The Bertz CT molecular complexity index is 1110. The molecule has 0 bridgehead atoms. The van der Waals surface area contributed by atoms with Gasteiger partial charge in [0.25, 0.3) is 11.5 Å². The highest BCUT2D eigenvalue weighted by atomic mass is 16.5. The summed E-state index contributed by atoms with van der Waals surface area (Å²) in [5.74, 6) is -1.96. The highest BCUT2D eigenvalue weighted by Gasteiger charge is 2.25. The summed E-state index contributed by atoms with van der Waals surface area (Å²) >= 11 is 0. The van der Waals surface area contributed by atoms with Crippen LogP contribution in [0.2, 0.25) is 0 Å². The molecule has 0 saturated heterocycles. The molecule has 0 aliphatic rings. The summed E-state index contributed by atoms with van der Waals surface area (Å²) in [6.45, 7) is 1.40. The van der Waals surface area contributed by atoms with Gasteiger partial charge >= 0.3 is 11.7 Å². The number of carbonyl (C=O) groups excluding carboxylic acids is 2. The van der Waals surface area contributed by atoms with Crippen LogP contribution in [0.25, 0.3) is 0 Å². The van der Waals surface area contributed by atoms with Crippen molar-refractivity contribution in [2.75, 3.05) is 44.6 Å². The quantitative estimate of drug-likeness (QED) is 0.401. The van der Waals surface area contributed by atoms with E-state index in [1.807, 2.05) is 6.92 Å². The monoisotopic (exact) mass is 464 g/mol. The molecule has 0 fully saturated rings. The number of hydrogen-bond donors (Lipinski definition) is 3. The van der Waals surface area contributed by atoms with Gasteiger partial charge < -0.3 is 25.1 Å². The number of carbonyl (C=O) groups is 2. The Morgan fingerprint density at radius 1 is 1.24 bits per heavy atom. The number of rotatable bonds is 11. The molecule has 2 aromatic rings. The second-order valence-electron chi connectivity index (χ2n) is 7.00. The molecule has 0 unspecified atom stereocenters. The molecule has 12 heteroatoms. The van der Waals surface area contributed by atoms with Gasteiger partial charge in [0.05, 0.1) is 13.7 Å². The summed E-state index contributed by atoms with van der Waals surface area (Å²) in [6, 6.07) is 3.96. The summed E-state index contributed by atoms with van der Waals surface area (Å²) in [6.07, 6.45) is 1.41. The predicted molar refractivity (Wildman–Crippen MR) is 120 cm³/mol. The number of nitrogens with zero attached hydrogens (tertiary/aromatic N) is 2. The Kier molecular flexibility index (Phi) is 9.04. The van der Waals surface area contributed by atoms with E-state index < -0.39 is 29.7 Å². The molecule has 4 N–H and O–H groups in total. The molecule has 1 amide bonds. The van der Waals surface area contributed by atoms with Gasteiger partial charge in [0, 0.05) is 26.3 Å². The Hall–Kier alpha value is -3.80. The normalized spacial score (nSPS) is 10.6. The summed E-state index contributed by atoms with van der Waals surface area (Å²) in [5.41, 5.74) is 4.14. The van der Waals surface area contributed by atoms with Gasteiger partial charge in [-0.25, -0.2) is 9.59 Å². The minimum absolute atomic E-state index is 0.0475. The van der Waals surface area contributed by atoms with Gasteiger partial charge in [-0.05, 0) is 18.6 Å². The van der Waals surface area contributed by atoms with Gasteiger partial charge in [-0.15, -0.1) is 0 Å². The molecule has 0 saturated carbocycles. The molecule has 180 valence electrons. The van der Waals surface area contributed by atoms with Crippen LogP contribution in [0, 0.1) is 0 Å². The maximum Gasteiger partial charge on any atom is 0.342 e. The molecule has 0 atom stereocenters. The van der Waals surface area contributed by atoms with E-state index in [-0.39, 0.29) is 42.5 Å². The zero-order chi connectivity index (χ0) is 24.5. The summed E-state index contributed by atoms with van der Waals surface area (Å²) in [7, 11) is 2.81. The molecule has 1 aromatic heterocycles. The van der Waals surface area contributed by atoms with Gasteiger partial charge in [-0.3, -0.25) is 24.0 Å². The fourth-order valence-corrected chi connectivity index (χ4v) is 3.01. The standard InChI is InChI=1S/C21H28N4O8/c1-4-5-8-25-18(22)17(19(28)23-21(25)30)24(9-10-31-2)16(27)12-33-20(29)14-7-6-13(32-3)11-15(14)26/h6-7,11,26H,4-5,8-10,12,22H2,1-3H3,(H,23,28,30). The number of amides is 1. The van der Waals surface area contributed by atoms with Crippen molar-refractivity contribution in [2.45, 2.75) is 26.3 Å². The number of unbranched alkanes of at least 4 members (excludes halogenated alkanes) is 1. The minimum Gasteiger partial charge on any atom is -0.507 e. The van der Waals surface area contributed by atoms with E-state index in [4.69, 9.17) is 19.9 Å². The van der Waals surface area contributed by atoms with Crippen molar-refractivity contribution >= 4 is 23.4 Å². The average Bonchev–Trinajstić information content (AvgIpc) is 2.78. The third-order valence-corrected chi connectivity index (χ3v) is 4.79. The minimum atomic E-state index is -0.954. The number of ether oxygens (including phenoxy) is 3. The number of aromatic amines is 1. The Balaban J connectivity index is 2.30. The van der Waals surface area contributed by atoms with E-state index in [9.17, 15) is 24.3 Å². The van der Waals surface area contributed by atoms with Crippen molar-refractivity contribution in [3.63, 3.8) is 0 Å². The van der Waals surface area contributed by atoms with Crippen molar-refractivity contribution in [3.8, 4) is 11.5 Å².